The van der Waals surface area contributed by atoms with Gasteiger partial charge < -0.3 is 20.1 Å². The summed E-state index contributed by atoms with van der Waals surface area (Å²) < 4.78 is 11.0. The summed E-state index contributed by atoms with van der Waals surface area (Å²) in [6.07, 6.45) is 3.91. The van der Waals surface area contributed by atoms with E-state index in [9.17, 15) is 4.79 Å². The molecule has 1 aromatic heterocycles. The first-order chi connectivity index (χ1) is 11.3. The van der Waals surface area contributed by atoms with Crippen molar-refractivity contribution in [3.63, 3.8) is 0 Å². The van der Waals surface area contributed by atoms with Crippen LogP contribution in [0.2, 0.25) is 0 Å². The van der Waals surface area contributed by atoms with Crippen LogP contribution in [0.1, 0.15) is 12.0 Å². The molecule has 0 unspecified atom stereocenters. The molecule has 0 atom stereocenters. The standard InChI is InChI=1S/C17H19N3O3/c21-17(5-8-19-12-13-3-6-18-7-4-13)20-14-1-2-15-16(11-14)23-10-9-22-15/h1-4,6-7,11,19H,5,8-10,12H2,(H,20,21). The van der Waals surface area contributed by atoms with Crippen LogP contribution in [-0.2, 0) is 11.3 Å². The molecule has 1 aliphatic heterocycles. The van der Waals surface area contributed by atoms with Crippen molar-refractivity contribution in [2.24, 2.45) is 0 Å². The van der Waals surface area contributed by atoms with Gasteiger partial charge in [0, 0.05) is 43.7 Å². The molecule has 0 bridgehead atoms. The van der Waals surface area contributed by atoms with Crippen molar-refractivity contribution in [1.29, 1.82) is 0 Å². The van der Waals surface area contributed by atoms with Gasteiger partial charge in [0.25, 0.3) is 0 Å². The molecule has 1 amide bonds. The third kappa shape index (κ3) is 4.43. The van der Waals surface area contributed by atoms with Gasteiger partial charge in [-0.3, -0.25) is 9.78 Å². The molecule has 0 saturated carbocycles. The Bertz CT molecular complexity index is 661. The summed E-state index contributed by atoms with van der Waals surface area (Å²) >= 11 is 0. The van der Waals surface area contributed by atoms with Crippen LogP contribution in [0, 0.1) is 0 Å². The van der Waals surface area contributed by atoms with Crippen molar-refractivity contribution in [1.82, 2.24) is 10.3 Å². The Morgan fingerprint density at radius 1 is 1.09 bits per heavy atom. The lowest BCUT2D eigenvalue weighted by Gasteiger charge is -2.19. The number of benzene rings is 1. The zero-order chi connectivity index (χ0) is 15.9. The van der Waals surface area contributed by atoms with Crippen molar-refractivity contribution < 1.29 is 14.3 Å². The second kappa shape index (κ2) is 7.60. The fraction of sp³-hybridized carbons (Fsp3) is 0.294. The molecular formula is C17H19N3O3. The smallest absolute Gasteiger partial charge is 0.225 e. The van der Waals surface area contributed by atoms with E-state index in [2.05, 4.69) is 15.6 Å². The zero-order valence-corrected chi connectivity index (χ0v) is 12.7. The van der Waals surface area contributed by atoms with Gasteiger partial charge in [-0.05, 0) is 29.8 Å². The first-order valence-electron chi connectivity index (χ1n) is 7.60. The van der Waals surface area contributed by atoms with Crippen LogP contribution >= 0.6 is 0 Å². The highest BCUT2D eigenvalue weighted by Gasteiger charge is 2.12. The van der Waals surface area contributed by atoms with Crippen molar-refractivity contribution in [3.8, 4) is 11.5 Å². The highest BCUT2D eigenvalue weighted by Crippen LogP contribution is 2.32. The number of ether oxygens (including phenoxy) is 2. The Morgan fingerprint density at radius 3 is 2.70 bits per heavy atom. The van der Waals surface area contributed by atoms with Crippen molar-refractivity contribution in [3.05, 3.63) is 48.3 Å². The van der Waals surface area contributed by atoms with Gasteiger partial charge in [-0.25, -0.2) is 0 Å². The number of aromatic nitrogens is 1. The van der Waals surface area contributed by atoms with E-state index in [1.807, 2.05) is 24.3 Å². The number of nitrogens with one attached hydrogen (secondary N) is 2. The highest BCUT2D eigenvalue weighted by molar-refractivity contribution is 5.91. The number of pyridine rings is 1. The highest BCUT2D eigenvalue weighted by atomic mass is 16.6. The molecule has 3 rings (SSSR count). The molecule has 6 heteroatoms. The van der Waals surface area contributed by atoms with E-state index in [0.717, 1.165) is 12.1 Å². The van der Waals surface area contributed by atoms with E-state index in [1.54, 1.807) is 18.5 Å². The molecule has 0 fully saturated rings. The number of amides is 1. The van der Waals surface area contributed by atoms with Crippen LogP contribution in [-0.4, -0.2) is 30.6 Å². The maximum Gasteiger partial charge on any atom is 0.225 e. The van der Waals surface area contributed by atoms with Crippen molar-refractivity contribution in [2.75, 3.05) is 25.1 Å². The van der Waals surface area contributed by atoms with E-state index in [1.165, 1.54) is 0 Å². The first-order valence-corrected chi connectivity index (χ1v) is 7.60. The minimum absolute atomic E-state index is 0.0380. The van der Waals surface area contributed by atoms with Gasteiger partial charge in [0.2, 0.25) is 5.91 Å². The number of rotatable bonds is 6. The fourth-order valence-corrected chi connectivity index (χ4v) is 2.28. The normalized spacial score (nSPS) is 12.7. The quantitative estimate of drug-likeness (QED) is 0.798. The average molecular weight is 313 g/mol. The summed E-state index contributed by atoms with van der Waals surface area (Å²) in [6, 6.07) is 9.31. The minimum Gasteiger partial charge on any atom is -0.486 e. The van der Waals surface area contributed by atoms with Gasteiger partial charge in [-0.15, -0.1) is 0 Å². The van der Waals surface area contributed by atoms with Crippen molar-refractivity contribution in [2.45, 2.75) is 13.0 Å². The molecule has 0 spiro atoms. The van der Waals surface area contributed by atoms with E-state index >= 15 is 0 Å². The summed E-state index contributed by atoms with van der Waals surface area (Å²) in [6.45, 7) is 2.42. The third-order valence-corrected chi connectivity index (χ3v) is 3.43. The van der Waals surface area contributed by atoms with Crippen LogP contribution < -0.4 is 20.1 Å². The molecule has 1 aliphatic rings. The molecule has 0 saturated heterocycles. The Morgan fingerprint density at radius 2 is 1.87 bits per heavy atom. The van der Waals surface area contributed by atoms with E-state index in [-0.39, 0.29) is 5.91 Å². The predicted octanol–water partition coefficient (Wildman–Crippen LogP) is 1.97. The van der Waals surface area contributed by atoms with Gasteiger partial charge in [-0.1, -0.05) is 0 Å². The Hall–Kier alpha value is -2.60. The van der Waals surface area contributed by atoms with Crippen LogP contribution in [0.25, 0.3) is 0 Å². The maximum absolute atomic E-state index is 12.0. The average Bonchev–Trinajstić information content (AvgIpc) is 2.59. The van der Waals surface area contributed by atoms with Crippen LogP contribution in [0.3, 0.4) is 0 Å². The number of hydrogen-bond acceptors (Lipinski definition) is 5. The number of anilines is 1. The molecule has 2 heterocycles. The van der Waals surface area contributed by atoms with Gasteiger partial charge >= 0.3 is 0 Å². The third-order valence-electron chi connectivity index (χ3n) is 3.43. The molecule has 2 aromatic rings. The van der Waals surface area contributed by atoms with Crippen LogP contribution in [0.15, 0.2) is 42.7 Å². The molecule has 23 heavy (non-hydrogen) atoms. The van der Waals surface area contributed by atoms with Crippen LogP contribution in [0.4, 0.5) is 5.69 Å². The topological polar surface area (TPSA) is 72.5 Å². The summed E-state index contributed by atoms with van der Waals surface area (Å²) in [5.74, 6) is 1.35. The van der Waals surface area contributed by atoms with Gasteiger partial charge in [-0.2, -0.15) is 0 Å². The molecule has 6 nitrogen and oxygen atoms in total. The molecule has 1 aromatic carbocycles. The number of hydrogen-bond donors (Lipinski definition) is 2. The number of carbonyl (C=O) groups excluding carboxylic acids is 1. The van der Waals surface area contributed by atoms with Gasteiger partial charge in [0.1, 0.15) is 13.2 Å². The van der Waals surface area contributed by atoms with E-state index in [4.69, 9.17) is 9.47 Å². The monoisotopic (exact) mass is 313 g/mol. The Kier molecular flexibility index (Phi) is 5.06. The molecule has 120 valence electrons. The second-order valence-corrected chi connectivity index (χ2v) is 5.19. The fourth-order valence-electron chi connectivity index (χ4n) is 2.28. The van der Waals surface area contributed by atoms with Gasteiger partial charge in [0.05, 0.1) is 0 Å². The maximum atomic E-state index is 12.0. The first kappa shape index (κ1) is 15.3. The summed E-state index contributed by atoms with van der Waals surface area (Å²) in [5, 5.41) is 6.10. The van der Waals surface area contributed by atoms with Gasteiger partial charge in [0.15, 0.2) is 11.5 Å². The Labute approximate surface area is 134 Å². The predicted molar refractivity (Wildman–Crippen MR) is 86.6 cm³/mol. The number of fused-ring (bicyclic) bond motifs is 1. The number of nitrogens with zero attached hydrogens (tertiary/aromatic N) is 1. The molecule has 2 N–H and O–H groups in total. The summed E-state index contributed by atoms with van der Waals surface area (Å²) in [5.41, 5.74) is 1.86. The molecule has 0 aliphatic carbocycles. The van der Waals surface area contributed by atoms with Crippen molar-refractivity contribution >= 4 is 11.6 Å². The molecular weight excluding hydrogens is 294 g/mol. The minimum atomic E-state index is -0.0380. The molecule has 0 radical (unpaired) electrons. The lowest BCUT2D eigenvalue weighted by Crippen LogP contribution is -2.21. The SMILES string of the molecule is O=C(CCNCc1ccncc1)Nc1ccc2c(c1)OCCO2. The largest absolute Gasteiger partial charge is 0.486 e. The lowest BCUT2D eigenvalue weighted by molar-refractivity contribution is -0.116. The van der Waals surface area contributed by atoms with E-state index in [0.29, 0.717) is 43.4 Å². The lowest BCUT2D eigenvalue weighted by atomic mass is 10.2. The van der Waals surface area contributed by atoms with Crippen LogP contribution in [0.5, 0.6) is 11.5 Å². The second-order valence-electron chi connectivity index (χ2n) is 5.19. The summed E-state index contributed by atoms with van der Waals surface area (Å²) in [7, 11) is 0. The van der Waals surface area contributed by atoms with E-state index < -0.39 is 0 Å². The zero-order valence-electron chi connectivity index (χ0n) is 12.7. The number of carbonyl (C=O) groups is 1. The summed E-state index contributed by atoms with van der Waals surface area (Å²) in [4.78, 5) is 15.9. The Balaban J connectivity index is 1.42.